The Morgan fingerprint density at radius 3 is 2.92 bits per heavy atom. The van der Waals surface area contributed by atoms with Crippen molar-refractivity contribution >= 4 is 0 Å². The van der Waals surface area contributed by atoms with E-state index in [1.54, 1.807) is 6.33 Å². The number of aromatic nitrogens is 3. The molecule has 0 saturated heterocycles. The summed E-state index contributed by atoms with van der Waals surface area (Å²) in [5.41, 5.74) is 0. The zero-order valence-electron chi connectivity index (χ0n) is 8.62. The first-order chi connectivity index (χ1) is 6.24. The molecular formula is C9H18N4. The summed E-state index contributed by atoms with van der Waals surface area (Å²) < 4.78 is 1.96. The standard InChI is InChI=1S/C9H18N4/c1-4-8(2)10-6-5-9-12-11-7-13(9)3/h7-8,10H,4-6H2,1-3H3. The topological polar surface area (TPSA) is 42.7 Å². The number of hydrogen-bond donors (Lipinski definition) is 1. The highest BCUT2D eigenvalue weighted by Crippen LogP contribution is 1.93. The smallest absolute Gasteiger partial charge is 0.133 e. The first-order valence-electron chi connectivity index (χ1n) is 4.80. The van der Waals surface area contributed by atoms with Gasteiger partial charge in [-0.15, -0.1) is 10.2 Å². The second kappa shape index (κ2) is 4.97. The monoisotopic (exact) mass is 182 g/mol. The van der Waals surface area contributed by atoms with Gasteiger partial charge in [0.1, 0.15) is 12.2 Å². The van der Waals surface area contributed by atoms with E-state index in [-0.39, 0.29) is 0 Å². The predicted molar refractivity (Wildman–Crippen MR) is 52.5 cm³/mol. The minimum atomic E-state index is 0.591. The number of hydrogen-bond acceptors (Lipinski definition) is 3. The van der Waals surface area contributed by atoms with E-state index in [9.17, 15) is 0 Å². The number of rotatable bonds is 5. The third kappa shape index (κ3) is 3.14. The first kappa shape index (κ1) is 10.2. The number of aryl methyl sites for hydroxylation is 1. The summed E-state index contributed by atoms with van der Waals surface area (Å²) in [6.45, 7) is 5.35. The molecule has 13 heavy (non-hydrogen) atoms. The fraction of sp³-hybridized carbons (Fsp3) is 0.778. The van der Waals surface area contributed by atoms with Crippen molar-refractivity contribution in [2.75, 3.05) is 6.54 Å². The van der Waals surface area contributed by atoms with Crippen molar-refractivity contribution in [1.29, 1.82) is 0 Å². The highest BCUT2D eigenvalue weighted by molar-refractivity contribution is 4.85. The molecule has 1 unspecified atom stereocenters. The van der Waals surface area contributed by atoms with Gasteiger partial charge in [0.25, 0.3) is 0 Å². The minimum absolute atomic E-state index is 0.591. The van der Waals surface area contributed by atoms with Crippen LogP contribution in [-0.2, 0) is 13.5 Å². The van der Waals surface area contributed by atoms with E-state index in [0.717, 1.165) is 18.8 Å². The molecule has 0 radical (unpaired) electrons. The molecule has 0 amide bonds. The van der Waals surface area contributed by atoms with Crippen molar-refractivity contribution in [2.45, 2.75) is 32.7 Å². The lowest BCUT2D eigenvalue weighted by atomic mass is 10.2. The number of nitrogens with one attached hydrogen (secondary N) is 1. The maximum absolute atomic E-state index is 4.01. The van der Waals surface area contributed by atoms with Gasteiger partial charge in [-0.05, 0) is 13.3 Å². The second-order valence-corrected chi connectivity index (χ2v) is 3.37. The summed E-state index contributed by atoms with van der Waals surface area (Å²) in [5, 5.41) is 11.3. The van der Waals surface area contributed by atoms with Crippen LogP contribution in [0.2, 0.25) is 0 Å². The summed E-state index contributed by atoms with van der Waals surface area (Å²) in [7, 11) is 1.97. The van der Waals surface area contributed by atoms with E-state index in [1.807, 2.05) is 11.6 Å². The normalized spacial score (nSPS) is 13.2. The van der Waals surface area contributed by atoms with E-state index in [0.29, 0.717) is 6.04 Å². The summed E-state index contributed by atoms with van der Waals surface area (Å²) >= 11 is 0. The van der Waals surface area contributed by atoms with E-state index in [1.165, 1.54) is 6.42 Å². The Labute approximate surface area is 79.4 Å². The SMILES string of the molecule is CCC(C)NCCc1nncn1C. The summed E-state index contributed by atoms with van der Waals surface area (Å²) in [4.78, 5) is 0. The largest absolute Gasteiger partial charge is 0.321 e. The molecule has 4 heteroatoms. The molecule has 1 aromatic heterocycles. The fourth-order valence-corrected chi connectivity index (χ4v) is 1.11. The Morgan fingerprint density at radius 1 is 1.62 bits per heavy atom. The van der Waals surface area contributed by atoms with Gasteiger partial charge in [0.15, 0.2) is 0 Å². The molecule has 1 aromatic rings. The Kier molecular flexibility index (Phi) is 3.89. The average molecular weight is 182 g/mol. The van der Waals surface area contributed by atoms with Crippen LogP contribution in [0.5, 0.6) is 0 Å². The lowest BCUT2D eigenvalue weighted by molar-refractivity contribution is 0.529. The number of nitrogens with zero attached hydrogens (tertiary/aromatic N) is 3. The molecule has 0 aliphatic carbocycles. The molecule has 0 bridgehead atoms. The van der Waals surface area contributed by atoms with Crippen molar-refractivity contribution in [3.63, 3.8) is 0 Å². The minimum Gasteiger partial charge on any atom is -0.321 e. The molecule has 1 N–H and O–H groups in total. The van der Waals surface area contributed by atoms with Crippen LogP contribution in [0.15, 0.2) is 6.33 Å². The van der Waals surface area contributed by atoms with E-state index < -0.39 is 0 Å². The van der Waals surface area contributed by atoms with Crippen molar-refractivity contribution in [2.24, 2.45) is 7.05 Å². The van der Waals surface area contributed by atoms with Crippen LogP contribution in [0.1, 0.15) is 26.1 Å². The summed E-state index contributed by atoms with van der Waals surface area (Å²) in [6.07, 6.45) is 3.85. The highest BCUT2D eigenvalue weighted by Gasteiger charge is 2.01. The van der Waals surface area contributed by atoms with Crippen LogP contribution >= 0.6 is 0 Å². The first-order valence-corrected chi connectivity index (χ1v) is 4.80. The van der Waals surface area contributed by atoms with E-state index >= 15 is 0 Å². The molecule has 0 fully saturated rings. The summed E-state index contributed by atoms with van der Waals surface area (Å²) in [5.74, 6) is 1.04. The van der Waals surface area contributed by atoms with Gasteiger partial charge in [0, 0.05) is 26.1 Å². The van der Waals surface area contributed by atoms with Crippen LogP contribution < -0.4 is 5.32 Å². The highest BCUT2D eigenvalue weighted by atomic mass is 15.2. The van der Waals surface area contributed by atoms with Crippen molar-refractivity contribution in [1.82, 2.24) is 20.1 Å². The van der Waals surface area contributed by atoms with Crippen molar-refractivity contribution < 1.29 is 0 Å². The van der Waals surface area contributed by atoms with Gasteiger partial charge in [-0.3, -0.25) is 0 Å². The van der Waals surface area contributed by atoms with Crippen LogP contribution in [0, 0.1) is 0 Å². The predicted octanol–water partition coefficient (Wildman–Crippen LogP) is 0.746. The van der Waals surface area contributed by atoms with Crippen molar-refractivity contribution in [3.05, 3.63) is 12.2 Å². The molecule has 0 aliphatic heterocycles. The molecule has 1 heterocycles. The van der Waals surface area contributed by atoms with Gasteiger partial charge in [0.2, 0.25) is 0 Å². The lowest BCUT2D eigenvalue weighted by Gasteiger charge is -2.10. The maximum atomic E-state index is 4.01. The summed E-state index contributed by atoms with van der Waals surface area (Å²) in [6, 6.07) is 0.591. The molecular weight excluding hydrogens is 164 g/mol. The molecule has 4 nitrogen and oxygen atoms in total. The molecule has 0 saturated carbocycles. The van der Waals surface area contributed by atoms with E-state index in [4.69, 9.17) is 0 Å². The quantitative estimate of drug-likeness (QED) is 0.730. The molecule has 74 valence electrons. The van der Waals surface area contributed by atoms with Crippen LogP contribution in [0.4, 0.5) is 0 Å². The molecule has 0 aromatic carbocycles. The maximum Gasteiger partial charge on any atom is 0.133 e. The van der Waals surface area contributed by atoms with Gasteiger partial charge in [-0.25, -0.2) is 0 Å². The molecule has 0 aliphatic rings. The molecule has 0 spiro atoms. The Morgan fingerprint density at radius 2 is 2.38 bits per heavy atom. The second-order valence-electron chi connectivity index (χ2n) is 3.37. The van der Waals surface area contributed by atoms with Crippen LogP contribution in [0.3, 0.4) is 0 Å². The fourth-order valence-electron chi connectivity index (χ4n) is 1.11. The third-order valence-electron chi connectivity index (χ3n) is 2.26. The Hall–Kier alpha value is -0.900. The zero-order chi connectivity index (χ0) is 9.68. The van der Waals surface area contributed by atoms with Gasteiger partial charge in [-0.2, -0.15) is 0 Å². The Bertz CT molecular complexity index is 244. The van der Waals surface area contributed by atoms with Gasteiger partial charge in [0.05, 0.1) is 0 Å². The van der Waals surface area contributed by atoms with Crippen LogP contribution in [0.25, 0.3) is 0 Å². The van der Waals surface area contributed by atoms with Crippen molar-refractivity contribution in [3.8, 4) is 0 Å². The third-order valence-corrected chi connectivity index (χ3v) is 2.26. The van der Waals surface area contributed by atoms with Gasteiger partial charge >= 0.3 is 0 Å². The molecule has 1 atom stereocenters. The van der Waals surface area contributed by atoms with Gasteiger partial charge < -0.3 is 9.88 Å². The van der Waals surface area contributed by atoms with Crippen LogP contribution in [-0.4, -0.2) is 27.4 Å². The Balaban J connectivity index is 2.24. The van der Waals surface area contributed by atoms with Gasteiger partial charge in [-0.1, -0.05) is 6.92 Å². The lowest BCUT2D eigenvalue weighted by Crippen LogP contribution is -2.27. The average Bonchev–Trinajstić information content (AvgIpc) is 2.52. The molecule has 1 rings (SSSR count). The zero-order valence-corrected chi connectivity index (χ0v) is 8.62. The van der Waals surface area contributed by atoms with E-state index in [2.05, 4.69) is 29.4 Å².